The number of rotatable bonds is 7. The van der Waals surface area contributed by atoms with Crippen LogP contribution in [0.15, 0.2) is 48.5 Å². The minimum atomic E-state index is -3.37. The van der Waals surface area contributed by atoms with Gasteiger partial charge >= 0.3 is 0 Å². The Kier molecular flexibility index (Phi) is 7.12. The third kappa shape index (κ3) is 4.53. The maximum absolute atomic E-state index is 15.8. The third-order valence-corrected chi connectivity index (χ3v) is 10.1. The van der Waals surface area contributed by atoms with Crippen LogP contribution in [0.1, 0.15) is 24.5 Å². The molecule has 35 heavy (non-hydrogen) atoms. The summed E-state index contributed by atoms with van der Waals surface area (Å²) in [6.07, 6.45) is -0.847. The standard InChI is InChI=1S/C26H32ClFN2O4Si/c1-17-24(35(3,4)28)22(15-23(32)30(12-13-31)16-18-8-6-5-7-9-18)34-26(17)20-14-19(27)10-11-21(20)29(2)25(26)33/h5-11,14,17,22,24,31H,12-13,15-16H2,1-4H3/t17-,22+,24-,26+/m0/s1. The van der Waals surface area contributed by atoms with Gasteiger partial charge in [-0.2, -0.15) is 0 Å². The molecular formula is C26H32ClFN2O4Si. The van der Waals surface area contributed by atoms with Crippen molar-refractivity contribution in [3.63, 3.8) is 0 Å². The van der Waals surface area contributed by atoms with E-state index in [0.29, 0.717) is 22.8 Å². The molecule has 2 aromatic rings. The zero-order chi connectivity index (χ0) is 25.5. The van der Waals surface area contributed by atoms with E-state index in [1.165, 1.54) is 4.90 Å². The number of hydrogen-bond acceptors (Lipinski definition) is 4. The Morgan fingerprint density at radius 3 is 2.57 bits per heavy atom. The average Bonchev–Trinajstić information content (AvgIpc) is 3.21. The minimum Gasteiger partial charge on any atom is -0.395 e. The van der Waals surface area contributed by atoms with Gasteiger partial charge in [0.2, 0.25) is 14.3 Å². The summed E-state index contributed by atoms with van der Waals surface area (Å²) in [6, 6.07) is 14.7. The molecule has 1 saturated heterocycles. The number of anilines is 1. The van der Waals surface area contributed by atoms with Gasteiger partial charge in [0, 0.05) is 42.2 Å². The maximum Gasteiger partial charge on any atom is 0.264 e. The van der Waals surface area contributed by atoms with Gasteiger partial charge in [0.25, 0.3) is 5.91 Å². The summed E-state index contributed by atoms with van der Waals surface area (Å²) in [4.78, 5) is 30.1. The summed E-state index contributed by atoms with van der Waals surface area (Å²) < 4.78 is 22.3. The number of halogens is 2. The molecule has 2 aliphatic rings. The number of aliphatic hydroxyl groups is 1. The van der Waals surface area contributed by atoms with Gasteiger partial charge < -0.3 is 23.8 Å². The summed E-state index contributed by atoms with van der Waals surface area (Å²) in [6.45, 7) is 5.35. The van der Waals surface area contributed by atoms with Crippen LogP contribution in [0.3, 0.4) is 0 Å². The van der Waals surface area contributed by atoms with Crippen molar-refractivity contribution in [3.05, 3.63) is 64.7 Å². The summed E-state index contributed by atoms with van der Waals surface area (Å²) in [5, 5.41) is 10.0. The number of ether oxygens (including phenoxy) is 1. The van der Waals surface area contributed by atoms with E-state index in [2.05, 4.69) is 0 Å². The van der Waals surface area contributed by atoms with E-state index in [0.717, 1.165) is 5.56 Å². The van der Waals surface area contributed by atoms with Crippen molar-refractivity contribution in [1.82, 2.24) is 4.90 Å². The van der Waals surface area contributed by atoms with E-state index in [1.807, 2.05) is 37.3 Å². The third-order valence-electron chi connectivity index (χ3n) is 7.37. The molecule has 188 valence electrons. The van der Waals surface area contributed by atoms with Gasteiger partial charge in [-0.3, -0.25) is 9.59 Å². The van der Waals surface area contributed by atoms with Crippen LogP contribution in [0.25, 0.3) is 0 Å². The molecule has 0 aromatic heterocycles. The van der Waals surface area contributed by atoms with Crippen LogP contribution < -0.4 is 4.90 Å². The smallest absolute Gasteiger partial charge is 0.264 e. The lowest BCUT2D eigenvalue weighted by atomic mass is 9.82. The van der Waals surface area contributed by atoms with Crippen molar-refractivity contribution in [2.45, 2.75) is 50.2 Å². The van der Waals surface area contributed by atoms with Crippen LogP contribution in [0.5, 0.6) is 0 Å². The van der Waals surface area contributed by atoms with Gasteiger partial charge in [-0.05, 0) is 36.9 Å². The molecule has 0 radical (unpaired) electrons. The minimum absolute atomic E-state index is 0.0726. The van der Waals surface area contributed by atoms with Crippen LogP contribution in [-0.4, -0.2) is 56.5 Å². The van der Waals surface area contributed by atoms with Gasteiger partial charge in [0.15, 0.2) is 5.60 Å². The van der Waals surface area contributed by atoms with Crippen molar-refractivity contribution in [3.8, 4) is 0 Å². The molecule has 1 spiro atoms. The highest BCUT2D eigenvalue weighted by Crippen LogP contribution is 2.60. The van der Waals surface area contributed by atoms with E-state index in [-0.39, 0.29) is 31.4 Å². The summed E-state index contributed by atoms with van der Waals surface area (Å²) >= 11 is 6.29. The topological polar surface area (TPSA) is 70.1 Å². The van der Waals surface area contributed by atoms with Crippen LogP contribution in [0, 0.1) is 5.92 Å². The molecule has 2 aliphatic heterocycles. The number of carbonyl (C=O) groups excluding carboxylic acids is 2. The van der Waals surface area contributed by atoms with Crippen molar-refractivity contribution in [2.24, 2.45) is 5.92 Å². The highest BCUT2D eigenvalue weighted by Gasteiger charge is 2.66. The van der Waals surface area contributed by atoms with Gasteiger partial charge in [0.05, 0.1) is 24.8 Å². The summed E-state index contributed by atoms with van der Waals surface area (Å²) in [5.74, 6) is -0.996. The van der Waals surface area contributed by atoms with Crippen molar-refractivity contribution in [1.29, 1.82) is 0 Å². The fraction of sp³-hybridized carbons (Fsp3) is 0.462. The predicted octanol–water partition coefficient (Wildman–Crippen LogP) is 4.50. The Hall–Kier alpha value is -2.26. The summed E-state index contributed by atoms with van der Waals surface area (Å²) in [5.41, 5.74) is 0.268. The molecule has 0 unspecified atom stereocenters. The second kappa shape index (κ2) is 9.65. The Morgan fingerprint density at radius 1 is 1.26 bits per heavy atom. The lowest BCUT2D eigenvalue weighted by Gasteiger charge is -2.31. The molecule has 1 fully saturated rings. The van der Waals surface area contributed by atoms with E-state index in [9.17, 15) is 14.7 Å². The van der Waals surface area contributed by atoms with Gasteiger partial charge in [-0.15, -0.1) is 0 Å². The first-order chi connectivity index (χ1) is 16.5. The zero-order valence-electron chi connectivity index (χ0n) is 20.5. The molecule has 9 heteroatoms. The van der Waals surface area contributed by atoms with Crippen molar-refractivity contribution >= 4 is 37.5 Å². The zero-order valence-corrected chi connectivity index (χ0v) is 22.3. The van der Waals surface area contributed by atoms with Crippen LogP contribution >= 0.6 is 11.6 Å². The molecule has 2 heterocycles. The quantitative estimate of drug-likeness (QED) is 0.432. The monoisotopic (exact) mass is 518 g/mol. The molecule has 4 atom stereocenters. The average molecular weight is 519 g/mol. The lowest BCUT2D eigenvalue weighted by Crippen LogP contribution is -2.44. The molecule has 0 aliphatic carbocycles. The molecule has 2 amide bonds. The van der Waals surface area contributed by atoms with Gasteiger partial charge in [0.1, 0.15) is 0 Å². The largest absolute Gasteiger partial charge is 0.395 e. The number of fused-ring (bicyclic) bond motifs is 2. The molecule has 0 bridgehead atoms. The fourth-order valence-electron chi connectivity index (χ4n) is 5.84. The molecular weight excluding hydrogens is 487 g/mol. The number of aliphatic hydroxyl groups excluding tert-OH is 1. The van der Waals surface area contributed by atoms with Crippen molar-refractivity contribution < 1.29 is 23.5 Å². The first-order valence-corrected chi connectivity index (χ1v) is 15.2. The van der Waals surface area contributed by atoms with Gasteiger partial charge in [-0.1, -0.05) is 48.9 Å². The molecule has 0 saturated carbocycles. The van der Waals surface area contributed by atoms with E-state index in [1.54, 1.807) is 43.2 Å². The first kappa shape index (κ1) is 25.8. The number of amides is 2. The Balaban J connectivity index is 1.68. The van der Waals surface area contributed by atoms with Crippen LogP contribution in [-0.2, 0) is 26.5 Å². The second-order valence-electron chi connectivity index (χ2n) is 10.0. The Bertz CT molecular complexity index is 1110. The number of likely N-dealkylation sites (N-methyl/N-ethyl adjacent to an activating group) is 1. The Labute approximate surface area is 211 Å². The number of carbonyl (C=O) groups is 2. The number of benzene rings is 2. The van der Waals surface area contributed by atoms with Gasteiger partial charge in [-0.25, -0.2) is 0 Å². The number of nitrogens with zero attached hydrogens (tertiary/aromatic N) is 2. The predicted molar refractivity (Wildman–Crippen MR) is 136 cm³/mol. The molecule has 4 rings (SSSR count). The van der Waals surface area contributed by atoms with E-state index in [4.69, 9.17) is 16.3 Å². The van der Waals surface area contributed by atoms with Crippen molar-refractivity contribution in [2.75, 3.05) is 25.1 Å². The SMILES string of the molecule is C[C@H]1[C@H]([Si](C)(C)F)[C@@H](CC(=O)N(CCO)Cc2ccccc2)O[C@]12C(=O)N(C)c1ccc(Cl)cc12. The molecule has 1 N–H and O–H groups in total. The first-order valence-electron chi connectivity index (χ1n) is 11.9. The highest BCUT2D eigenvalue weighted by atomic mass is 35.5. The fourth-order valence-corrected chi connectivity index (χ4v) is 8.51. The van der Waals surface area contributed by atoms with Crippen LogP contribution in [0.4, 0.5) is 9.80 Å². The highest BCUT2D eigenvalue weighted by molar-refractivity contribution is 6.72. The van der Waals surface area contributed by atoms with E-state index < -0.39 is 31.6 Å². The number of hydrogen-bond donors (Lipinski definition) is 1. The van der Waals surface area contributed by atoms with Crippen LogP contribution in [0.2, 0.25) is 23.7 Å². The lowest BCUT2D eigenvalue weighted by molar-refractivity contribution is -0.149. The Morgan fingerprint density at radius 2 is 1.94 bits per heavy atom. The maximum atomic E-state index is 15.8. The summed E-state index contributed by atoms with van der Waals surface area (Å²) in [7, 11) is -1.70. The molecule has 6 nitrogen and oxygen atoms in total. The molecule has 2 aromatic carbocycles. The van der Waals surface area contributed by atoms with E-state index >= 15 is 4.11 Å². The normalized spacial score (nSPS) is 25.9. The second-order valence-corrected chi connectivity index (χ2v) is 14.3.